The van der Waals surface area contributed by atoms with Crippen molar-refractivity contribution in [3.63, 3.8) is 0 Å². The number of allylic oxidation sites excluding steroid dienone is 4. The summed E-state index contributed by atoms with van der Waals surface area (Å²) in [4.78, 5) is 0. The Labute approximate surface area is 74.9 Å². The number of hydrogen-bond donors (Lipinski definition) is 1. The highest BCUT2D eigenvalue weighted by Crippen LogP contribution is 2.21. The molecule has 0 unspecified atom stereocenters. The summed E-state index contributed by atoms with van der Waals surface area (Å²) in [5, 5.41) is 3.35. The molecular weight excluding hydrogens is 146 g/mol. The first-order chi connectivity index (χ1) is 5.88. The van der Waals surface area contributed by atoms with Gasteiger partial charge >= 0.3 is 0 Å². The molecule has 1 fully saturated rings. The molecule has 1 saturated heterocycles. The summed E-state index contributed by atoms with van der Waals surface area (Å²) >= 11 is 0. The lowest BCUT2D eigenvalue weighted by molar-refractivity contribution is 0.425. The van der Waals surface area contributed by atoms with Gasteiger partial charge < -0.3 is 5.32 Å². The van der Waals surface area contributed by atoms with Crippen LogP contribution in [-0.4, -0.2) is 13.1 Å². The minimum atomic E-state index is 0.696. The Kier molecular flexibility index (Phi) is 3.81. The molecule has 0 aromatic heterocycles. The van der Waals surface area contributed by atoms with Crippen LogP contribution in [0.4, 0.5) is 0 Å². The van der Waals surface area contributed by atoms with Gasteiger partial charge in [-0.25, -0.2) is 0 Å². The van der Waals surface area contributed by atoms with E-state index in [0.717, 1.165) is 13.1 Å². The number of nitrogens with one attached hydrogen (secondary N) is 1. The fraction of sp³-hybridized carbons (Fsp3) is 0.455. The van der Waals surface area contributed by atoms with Gasteiger partial charge in [0, 0.05) is 0 Å². The summed E-state index contributed by atoms with van der Waals surface area (Å²) in [5.41, 5.74) is 1.34. The molecule has 0 saturated carbocycles. The SMILES string of the molecule is C=CC=C(C=C)C1CCNCC1. The summed E-state index contributed by atoms with van der Waals surface area (Å²) in [5.74, 6) is 0.696. The molecule has 66 valence electrons. The molecule has 0 bridgehead atoms. The molecule has 0 aliphatic carbocycles. The van der Waals surface area contributed by atoms with E-state index in [9.17, 15) is 0 Å². The summed E-state index contributed by atoms with van der Waals surface area (Å²) in [6, 6.07) is 0. The average molecular weight is 163 g/mol. The second kappa shape index (κ2) is 4.94. The molecule has 1 heterocycles. The molecule has 12 heavy (non-hydrogen) atoms. The molecule has 0 aromatic carbocycles. The third-order valence-electron chi connectivity index (χ3n) is 2.36. The topological polar surface area (TPSA) is 12.0 Å². The molecule has 0 amide bonds. The van der Waals surface area contributed by atoms with Gasteiger partial charge in [-0.15, -0.1) is 0 Å². The Hall–Kier alpha value is -0.820. The standard InChI is InChI=1S/C11H17N/c1-3-5-10(4-2)11-6-8-12-9-7-11/h3-5,11-12H,1-2,6-9H2. The molecular formula is C11H17N. The molecule has 1 aliphatic heterocycles. The van der Waals surface area contributed by atoms with Gasteiger partial charge in [0.1, 0.15) is 0 Å². The second-order valence-corrected chi connectivity index (χ2v) is 3.13. The van der Waals surface area contributed by atoms with Crippen molar-refractivity contribution < 1.29 is 0 Å². The Morgan fingerprint density at radius 2 is 1.92 bits per heavy atom. The lowest BCUT2D eigenvalue weighted by atomic mass is 9.90. The van der Waals surface area contributed by atoms with Crippen molar-refractivity contribution >= 4 is 0 Å². The maximum absolute atomic E-state index is 3.82. The molecule has 0 aromatic rings. The van der Waals surface area contributed by atoms with Crippen molar-refractivity contribution in [3.05, 3.63) is 37.0 Å². The van der Waals surface area contributed by atoms with Crippen LogP contribution < -0.4 is 5.32 Å². The first kappa shape index (κ1) is 9.27. The third-order valence-corrected chi connectivity index (χ3v) is 2.36. The molecule has 0 spiro atoms. The fourth-order valence-electron chi connectivity index (χ4n) is 1.66. The molecule has 1 nitrogen and oxygen atoms in total. The molecule has 1 aliphatic rings. The van der Waals surface area contributed by atoms with E-state index in [1.54, 1.807) is 0 Å². The monoisotopic (exact) mass is 163 g/mol. The number of hydrogen-bond acceptors (Lipinski definition) is 1. The van der Waals surface area contributed by atoms with E-state index in [1.165, 1.54) is 18.4 Å². The van der Waals surface area contributed by atoms with Crippen LogP contribution in [0, 0.1) is 5.92 Å². The quantitative estimate of drug-likeness (QED) is 0.629. The zero-order chi connectivity index (χ0) is 8.81. The summed E-state index contributed by atoms with van der Waals surface area (Å²) in [7, 11) is 0. The van der Waals surface area contributed by atoms with E-state index in [0.29, 0.717) is 5.92 Å². The van der Waals surface area contributed by atoms with Gasteiger partial charge in [-0.3, -0.25) is 0 Å². The van der Waals surface area contributed by atoms with Crippen molar-refractivity contribution in [2.45, 2.75) is 12.8 Å². The normalized spacial score (nSPS) is 20.5. The van der Waals surface area contributed by atoms with Crippen molar-refractivity contribution in [2.75, 3.05) is 13.1 Å². The minimum absolute atomic E-state index is 0.696. The van der Waals surface area contributed by atoms with E-state index in [1.807, 2.05) is 12.2 Å². The van der Waals surface area contributed by atoms with Crippen LogP contribution in [0.1, 0.15) is 12.8 Å². The highest BCUT2D eigenvalue weighted by Gasteiger charge is 2.14. The Bertz CT molecular complexity index is 185. The molecule has 0 atom stereocenters. The van der Waals surface area contributed by atoms with Crippen molar-refractivity contribution in [3.8, 4) is 0 Å². The van der Waals surface area contributed by atoms with Crippen LogP contribution in [0.15, 0.2) is 37.0 Å². The van der Waals surface area contributed by atoms with Crippen LogP contribution in [0.25, 0.3) is 0 Å². The molecule has 1 rings (SSSR count). The van der Waals surface area contributed by atoms with Gasteiger partial charge in [0.2, 0.25) is 0 Å². The fourth-order valence-corrected chi connectivity index (χ4v) is 1.66. The van der Waals surface area contributed by atoms with Crippen LogP contribution in [-0.2, 0) is 0 Å². The molecule has 1 heteroatoms. The highest BCUT2D eigenvalue weighted by molar-refractivity contribution is 5.24. The van der Waals surface area contributed by atoms with Crippen LogP contribution in [0.5, 0.6) is 0 Å². The van der Waals surface area contributed by atoms with Crippen molar-refractivity contribution in [1.29, 1.82) is 0 Å². The van der Waals surface area contributed by atoms with Gasteiger partial charge in [-0.1, -0.05) is 31.4 Å². The smallest absolute Gasteiger partial charge is 0.00431 e. The summed E-state index contributed by atoms with van der Waals surface area (Å²) in [6.07, 6.45) is 8.33. The van der Waals surface area contributed by atoms with Gasteiger partial charge in [-0.05, 0) is 37.4 Å². The van der Waals surface area contributed by atoms with Gasteiger partial charge in [0.05, 0.1) is 0 Å². The molecule has 0 radical (unpaired) electrons. The lowest BCUT2D eigenvalue weighted by Crippen LogP contribution is -2.28. The minimum Gasteiger partial charge on any atom is -0.317 e. The number of rotatable bonds is 3. The van der Waals surface area contributed by atoms with Gasteiger partial charge in [0.15, 0.2) is 0 Å². The second-order valence-electron chi connectivity index (χ2n) is 3.13. The van der Waals surface area contributed by atoms with E-state index < -0.39 is 0 Å². The Balaban J connectivity index is 2.57. The maximum Gasteiger partial charge on any atom is -0.00431 e. The van der Waals surface area contributed by atoms with E-state index in [-0.39, 0.29) is 0 Å². The highest BCUT2D eigenvalue weighted by atomic mass is 14.9. The zero-order valence-electron chi connectivity index (χ0n) is 7.55. The summed E-state index contributed by atoms with van der Waals surface area (Å²) < 4.78 is 0. The van der Waals surface area contributed by atoms with Crippen LogP contribution in [0.2, 0.25) is 0 Å². The predicted molar refractivity (Wildman–Crippen MR) is 54.1 cm³/mol. The maximum atomic E-state index is 3.82. The van der Waals surface area contributed by atoms with E-state index in [2.05, 4.69) is 24.6 Å². The number of piperidine rings is 1. The third kappa shape index (κ3) is 2.35. The van der Waals surface area contributed by atoms with Crippen molar-refractivity contribution in [1.82, 2.24) is 5.32 Å². The molecule has 1 N–H and O–H groups in total. The first-order valence-electron chi connectivity index (χ1n) is 4.54. The van der Waals surface area contributed by atoms with Gasteiger partial charge in [-0.2, -0.15) is 0 Å². The Morgan fingerprint density at radius 1 is 1.25 bits per heavy atom. The predicted octanol–water partition coefficient (Wildman–Crippen LogP) is 2.28. The zero-order valence-corrected chi connectivity index (χ0v) is 7.55. The van der Waals surface area contributed by atoms with Crippen LogP contribution in [0.3, 0.4) is 0 Å². The first-order valence-corrected chi connectivity index (χ1v) is 4.54. The van der Waals surface area contributed by atoms with Gasteiger partial charge in [0.25, 0.3) is 0 Å². The van der Waals surface area contributed by atoms with Crippen molar-refractivity contribution in [2.24, 2.45) is 5.92 Å². The van der Waals surface area contributed by atoms with Crippen LogP contribution >= 0.6 is 0 Å². The van der Waals surface area contributed by atoms with E-state index >= 15 is 0 Å². The van der Waals surface area contributed by atoms with E-state index in [4.69, 9.17) is 0 Å². The Morgan fingerprint density at radius 3 is 2.42 bits per heavy atom. The largest absolute Gasteiger partial charge is 0.317 e. The summed E-state index contributed by atoms with van der Waals surface area (Å²) in [6.45, 7) is 9.79. The lowest BCUT2D eigenvalue weighted by Gasteiger charge is -2.23. The average Bonchev–Trinajstić information content (AvgIpc) is 2.15.